The molecule has 27 heavy (non-hydrogen) atoms. The number of rotatable bonds is 3. The molecule has 0 atom stereocenters. The van der Waals surface area contributed by atoms with E-state index >= 15 is 0 Å². The lowest BCUT2D eigenvalue weighted by molar-refractivity contribution is 0.262. The Morgan fingerprint density at radius 2 is 1.81 bits per heavy atom. The van der Waals surface area contributed by atoms with Crippen LogP contribution in [0.5, 0.6) is 0 Å². The molecule has 0 fully saturated rings. The van der Waals surface area contributed by atoms with Crippen LogP contribution in [0.15, 0.2) is 67.1 Å². The molecule has 4 aromatic rings. The van der Waals surface area contributed by atoms with Crippen molar-refractivity contribution < 1.29 is 4.79 Å². The molecule has 0 aliphatic rings. The zero-order chi connectivity index (χ0) is 18.6. The number of urea groups is 1. The third kappa shape index (κ3) is 3.48. The van der Waals surface area contributed by atoms with Gasteiger partial charge in [0.25, 0.3) is 0 Å². The number of hydrogen-bond acceptors (Lipinski definition) is 3. The van der Waals surface area contributed by atoms with E-state index in [1.807, 2.05) is 30.3 Å². The molecule has 2 aromatic carbocycles. The SMILES string of the molecule is C#Cc1cccc(NC(=O)Nc2ccc(-c3ccnc4nc[nH]c34)cc2)c1. The van der Waals surface area contributed by atoms with Crippen LogP contribution in [-0.2, 0) is 0 Å². The van der Waals surface area contributed by atoms with E-state index in [1.165, 1.54) is 0 Å². The molecule has 0 saturated heterocycles. The van der Waals surface area contributed by atoms with Crippen LogP contribution >= 0.6 is 0 Å². The number of fused-ring (bicyclic) bond motifs is 1. The van der Waals surface area contributed by atoms with Crippen molar-refractivity contribution >= 4 is 28.6 Å². The van der Waals surface area contributed by atoms with Crippen molar-refractivity contribution in [2.24, 2.45) is 0 Å². The molecular weight excluding hydrogens is 338 g/mol. The Kier molecular flexibility index (Phi) is 4.25. The normalized spacial score (nSPS) is 10.3. The number of terminal acetylenes is 1. The Morgan fingerprint density at radius 3 is 2.63 bits per heavy atom. The number of aromatic amines is 1. The maximum absolute atomic E-state index is 12.2. The van der Waals surface area contributed by atoms with Crippen LogP contribution in [0, 0.1) is 12.3 Å². The number of nitrogens with one attached hydrogen (secondary N) is 3. The summed E-state index contributed by atoms with van der Waals surface area (Å²) in [4.78, 5) is 23.7. The van der Waals surface area contributed by atoms with Gasteiger partial charge in [0.15, 0.2) is 5.65 Å². The van der Waals surface area contributed by atoms with Crippen molar-refractivity contribution in [3.8, 4) is 23.5 Å². The largest absolute Gasteiger partial charge is 0.343 e. The number of anilines is 2. The van der Waals surface area contributed by atoms with Gasteiger partial charge >= 0.3 is 6.03 Å². The standard InChI is InChI=1S/C21H15N5O/c1-2-14-4-3-5-17(12-14)26-21(27)25-16-8-6-15(7-9-16)18-10-11-22-20-19(18)23-13-24-20/h1,3-13H,(H,22,23,24)(H2,25,26,27). The number of carbonyl (C=O) groups is 1. The molecule has 0 radical (unpaired) electrons. The first kappa shape index (κ1) is 16.4. The number of nitrogens with zero attached hydrogens (tertiary/aromatic N) is 2. The second-order valence-corrected chi connectivity index (χ2v) is 5.84. The van der Waals surface area contributed by atoms with E-state index in [4.69, 9.17) is 6.42 Å². The van der Waals surface area contributed by atoms with E-state index in [0.29, 0.717) is 22.6 Å². The maximum Gasteiger partial charge on any atom is 0.323 e. The molecule has 0 aliphatic carbocycles. The summed E-state index contributed by atoms with van der Waals surface area (Å²) >= 11 is 0. The summed E-state index contributed by atoms with van der Waals surface area (Å²) in [5, 5.41) is 5.57. The fraction of sp³-hybridized carbons (Fsp3) is 0. The number of pyridine rings is 1. The van der Waals surface area contributed by atoms with Crippen LogP contribution in [0.3, 0.4) is 0 Å². The lowest BCUT2D eigenvalue weighted by atomic mass is 10.1. The summed E-state index contributed by atoms with van der Waals surface area (Å²) in [5.74, 6) is 2.54. The van der Waals surface area contributed by atoms with Crippen molar-refractivity contribution in [2.45, 2.75) is 0 Å². The molecule has 0 unspecified atom stereocenters. The first-order chi connectivity index (χ1) is 13.2. The van der Waals surface area contributed by atoms with Gasteiger partial charge in [-0.3, -0.25) is 0 Å². The second-order valence-electron chi connectivity index (χ2n) is 5.84. The highest BCUT2D eigenvalue weighted by Gasteiger charge is 2.07. The van der Waals surface area contributed by atoms with E-state index < -0.39 is 0 Å². The summed E-state index contributed by atoms with van der Waals surface area (Å²) in [6.07, 6.45) is 8.72. The van der Waals surface area contributed by atoms with E-state index in [-0.39, 0.29) is 6.03 Å². The predicted molar refractivity (Wildman–Crippen MR) is 106 cm³/mol. The zero-order valence-electron chi connectivity index (χ0n) is 14.2. The van der Waals surface area contributed by atoms with E-state index in [1.54, 1.807) is 36.8 Å². The molecule has 2 aromatic heterocycles. The maximum atomic E-state index is 12.2. The summed E-state index contributed by atoms with van der Waals surface area (Å²) in [6, 6.07) is 16.3. The molecule has 0 bridgehead atoms. The molecule has 6 heteroatoms. The highest BCUT2D eigenvalue weighted by Crippen LogP contribution is 2.26. The molecule has 4 rings (SSSR count). The predicted octanol–water partition coefficient (Wildman–Crippen LogP) is 4.25. The monoisotopic (exact) mass is 353 g/mol. The van der Waals surface area contributed by atoms with Crippen LogP contribution in [0.4, 0.5) is 16.2 Å². The minimum absolute atomic E-state index is 0.336. The highest BCUT2D eigenvalue weighted by molar-refractivity contribution is 6.00. The smallest absolute Gasteiger partial charge is 0.323 e. The number of imidazole rings is 1. The summed E-state index contributed by atoms with van der Waals surface area (Å²) in [5.41, 5.74) is 5.57. The van der Waals surface area contributed by atoms with Gasteiger partial charge in [0.05, 0.1) is 11.8 Å². The zero-order valence-corrected chi connectivity index (χ0v) is 14.2. The second kappa shape index (κ2) is 7.02. The Hall–Kier alpha value is -4.11. The summed E-state index contributed by atoms with van der Waals surface area (Å²) in [7, 11) is 0. The number of carbonyl (C=O) groups excluding carboxylic acids is 1. The van der Waals surface area contributed by atoms with Gasteiger partial charge in [-0.05, 0) is 42.0 Å². The van der Waals surface area contributed by atoms with Crippen molar-refractivity contribution in [2.75, 3.05) is 10.6 Å². The van der Waals surface area contributed by atoms with Gasteiger partial charge in [0.2, 0.25) is 0 Å². The molecule has 2 amide bonds. The molecule has 0 aliphatic heterocycles. The molecule has 130 valence electrons. The molecule has 2 heterocycles. The third-order valence-corrected chi connectivity index (χ3v) is 4.07. The number of aromatic nitrogens is 3. The minimum atomic E-state index is -0.336. The fourth-order valence-electron chi connectivity index (χ4n) is 2.80. The lowest BCUT2D eigenvalue weighted by Crippen LogP contribution is -2.19. The van der Waals surface area contributed by atoms with Gasteiger partial charge in [-0.2, -0.15) is 0 Å². The van der Waals surface area contributed by atoms with Gasteiger partial charge < -0.3 is 15.6 Å². The van der Waals surface area contributed by atoms with E-state index in [0.717, 1.165) is 16.6 Å². The van der Waals surface area contributed by atoms with Crippen molar-refractivity contribution in [3.05, 3.63) is 72.7 Å². The van der Waals surface area contributed by atoms with Crippen LogP contribution in [0.1, 0.15) is 5.56 Å². The van der Waals surface area contributed by atoms with Gasteiger partial charge in [-0.25, -0.2) is 14.8 Å². The Bertz CT molecular complexity index is 1160. The number of amides is 2. The first-order valence-corrected chi connectivity index (χ1v) is 8.26. The number of hydrogen-bond donors (Lipinski definition) is 3. The molecule has 0 spiro atoms. The van der Waals surface area contributed by atoms with Crippen LogP contribution in [0.25, 0.3) is 22.3 Å². The van der Waals surface area contributed by atoms with Crippen molar-refractivity contribution in [3.63, 3.8) is 0 Å². The molecule has 6 nitrogen and oxygen atoms in total. The van der Waals surface area contributed by atoms with Crippen LogP contribution < -0.4 is 10.6 Å². The Labute approximate surface area is 155 Å². The van der Waals surface area contributed by atoms with Crippen LogP contribution in [-0.4, -0.2) is 21.0 Å². The summed E-state index contributed by atoms with van der Waals surface area (Å²) < 4.78 is 0. The van der Waals surface area contributed by atoms with Gasteiger partial charge in [-0.1, -0.05) is 24.1 Å². The summed E-state index contributed by atoms with van der Waals surface area (Å²) in [6.45, 7) is 0. The molecule has 0 saturated carbocycles. The van der Waals surface area contributed by atoms with Gasteiger partial charge in [-0.15, -0.1) is 6.42 Å². The number of H-pyrrole nitrogens is 1. The quantitative estimate of drug-likeness (QED) is 0.482. The molecular formula is C21H15N5O. The number of benzene rings is 2. The van der Waals surface area contributed by atoms with Gasteiger partial charge in [0.1, 0.15) is 0 Å². The van der Waals surface area contributed by atoms with Crippen molar-refractivity contribution in [1.82, 2.24) is 15.0 Å². The lowest BCUT2D eigenvalue weighted by Gasteiger charge is -2.09. The first-order valence-electron chi connectivity index (χ1n) is 8.26. The molecule has 3 N–H and O–H groups in total. The minimum Gasteiger partial charge on any atom is -0.343 e. The van der Waals surface area contributed by atoms with E-state index in [2.05, 4.69) is 31.5 Å². The van der Waals surface area contributed by atoms with Crippen molar-refractivity contribution in [1.29, 1.82) is 0 Å². The van der Waals surface area contributed by atoms with E-state index in [9.17, 15) is 4.79 Å². The average molecular weight is 353 g/mol. The van der Waals surface area contributed by atoms with Gasteiger partial charge in [0, 0.05) is 28.7 Å². The average Bonchev–Trinajstić information content (AvgIpc) is 3.17. The van der Waals surface area contributed by atoms with Crippen LogP contribution in [0.2, 0.25) is 0 Å². The highest BCUT2D eigenvalue weighted by atomic mass is 16.2. The fourth-order valence-corrected chi connectivity index (χ4v) is 2.80. The Balaban J connectivity index is 1.48. The topological polar surface area (TPSA) is 82.7 Å². The Morgan fingerprint density at radius 1 is 1.00 bits per heavy atom. The third-order valence-electron chi connectivity index (χ3n) is 4.07.